The molecular weight excluding hydrogens is 442 g/mol. The first-order chi connectivity index (χ1) is 15.8. The predicted octanol–water partition coefficient (Wildman–Crippen LogP) is 2.45. The average molecular weight is 468 g/mol. The molecule has 2 aliphatic rings. The molecule has 2 aliphatic heterocycles. The Bertz CT molecular complexity index is 1410. The van der Waals surface area contributed by atoms with E-state index in [4.69, 9.17) is 4.74 Å². The van der Waals surface area contributed by atoms with Crippen molar-refractivity contribution in [2.24, 2.45) is 0 Å². The zero-order chi connectivity index (χ0) is 23.2. The van der Waals surface area contributed by atoms with Crippen molar-refractivity contribution < 1.29 is 17.9 Å². The highest BCUT2D eigenvalue weighted by molar-refractivity contribution is 7.89. The number of fused-ring (bicyclic) bond motifs is 2. The number of carbonyl (C=O) groups excluding carboxylic acids is 1. The number of carbonyl (C=O) groups is 1. The number of morpholine rings is 1. The molecule has 1 N–H and O–H groups in total. The number of anilines is 1. The van der Waals surface area contributed by atoms with Crippen LogP contribution in [0.2, 0.25) is 0 Å². The fourth-order valence-electron chi connectivity index (χ4n) is 4.59. The number of H-pyrrole nitrogens is 1. The molecule has 0 unspecified atom stereocenters. The molecule has 9 heteroatoms. The summed E-state index contributed by atoms with van der Waals surface area (Å²) in [5, 5.41) is 0.410. The molecule has 8 nitrogen and oxygen atoms in total. The van der Waals surface area contributed by atoms with E-state index in [1.165, 1.54) is 22.5 Å². The predicted molar refractivity (Wildman–Crippen MR) is 125 cm³/mol. The lowest BCUT2D eigenvalue weighted by Gasteiger charge is -2.30. The van der Waals surface area contributed by atoms with Crippen LogP contribution in [-0.2, 0) is 21.2 Å². The quantitative estimate of drug-likeness (QED) is 0.638. The van der Waals surface area contributed by atoms with Crippen LogP contribution in [0.1, 0.15) is 27.9 Å². The van der Waals surface area contributed by atoms with Crippen molar-refractivity contribution in [3.05, 3.63) is 69.5 Å². The summed E-state index contributed by atoms with van der Waals surface area (Å²) in [4.78, 5) is 30.5. The van der Waals surface area contributed by atoms with Crippen LogP contribution in [0, 0.1) is 6.92 Å². The zero-order valence-electron chi connectivity index (χ0n) is 18.3. The molecule has 0 spiro atoms. The number of benzene rings is 2. The summed E-state index contributed by atoms with van der Waals surface area (Å²) in [5.41, 5.74) is 3.27. The van der Waals surface area contributed by atoms with Crippen LogP contribution in [0.25, 0.3) is 10.9 Å². The van der Waals surface area contributed by atoms with E-state index in [-0.39, 0.29) is 29.5 Å². The maximum absolute atomic E-state index is 13.7. The SMILES string of the molecule is Cc1ccc2c(c1)CCCN2C(=O)c1cc(=O)[nH]c2ccc(S(=O)(=O)N3CCOCC3)cc12. The summed E-state index contributed by atoms with van der Waals surface area (Å²) >= 11 is 0. The first-order valence-corrected chi connectivity index (χ1v) is 12.4. The molecule has 0 bridgehead atoms. The second-order valence-corrected chi connectivity index (χ2v) is 10.4. The number of pyridine rings is 1. The zero-order valence-corrected chi connectivity index (χ0v) is 19.2. The smallest absolute Gasteiger partial charge is 0.259 e. The van der Waals surface area contributed by atoms with Gasteiger partial charge in [0.25, 0.3) is 5.91 Å². The minimum absolute atomic E-state index is 0.0904. The second-order valence-electron chi connectivity index (χ2n) is 8.46. The van der Waals surface area contributed by atoms with Crippen LogP contribution in [0.5, 0.6) is 0 Å². The number of amides is 1. The summed E-state index contributed by atoms with van der Waals surface area (Å²) in [5.74, 6) is -0.308. The topological polar surface area (TPSA) is 99.8 Å². The Hall–Kier alpha value is -3.01. The van der Waals surface area contributed by atoms with Gasteiger partial charge in [-0.05, 0) is 49.6 Å². The molecule has 1 saturated heterocycles. The number of nitrogens with zero attached hydrogens (tertiary/aromatic N) is 2. The van der Waals surface area contributed by atoms with Crippen molar-refractivity contribution in [1.29, 1.82) is 0 Å². The van der Waals surface area contributed by atoms with E-state index < -0.39 is 15.6 Å². The maximum Gasteiger partial charge on any atom is 0.259 e. The Morgan fingerprint density at radius 2 is 1.82 bits per heavy atom. The molecule has 0 radical (unpaired) electrons. The number of rotatable bonds is 3. The number of hydrogen-bond acceptors (Lipinski definition) is 5. The van der Waals surface area contributed by atoms with Gasteiger partial charge in [-0.2, -0.15) is 4.31 Å². The van der Waals surface area contributed by atoms with Crippen molar-refractivity contribution in [3.63, 3.8) is 0 Å². The van der Waals surface area contributed by atoms with Gasteiger partial charge >= 0.3 is 0 Å². The standard InChI is InChI=1S/C24H25N3O5S/c1-16-4-7-22-17(13-16)3-2-8-27(22)24(29)20-15-23(28)25-21-6-5-18(14-19(20)21)33(30,31)26-9-11-32-12-10-26/h4-7,13-15H,2-3,8-12H2,1H3,(H,25,28). The molecule has 3 aromatic rings. The minimum Gasteiger partial charge on any atom is -0.379 e. The third-order valence-electron chi connectivity index (χ3n) is 6.25. The van der Waals surface area contributed by atoms with Gasteiger partial charge in [-0.3, -0.25) is 9.59 Å². The number of nitrogens with one attached hydrogen (secondary N) is 1. The minimum atomic E-state index is -3.75. The van der Waals surface area contributed by atoms with Crippen molar-refractivity contribution in [2.75, 3.05) is 37.7 Å². The van der Waals surface area contributed by atoms with E-state index in [1.54, 1.807) is 11.0 Å². The molecule has 5 rings (SSSR count). The number of hydrogen-bond donors (Lipinski definition) is 1. The lowest BCUT2D eigenvalue weighted by atomic mass is 9.98. The Labute approximate surface area is 191 Å². The van der Waals surface area contributed by atoms with Gasteiger partial charge in [-0.15, -0.1) is 0 Å². The van der Waals surface area contributed by atoms with Gasteiger partial charge in [0, 0.05) is 42.3 Å². The Kier molecular flexibility index (Phi) is 5.55. The molecule has 1 fully saturated rings. The first-order valence-electron chi connectivity index (χ1n) is 11.0. The third kappa shape index (κ3) is 3.96. The molecule has 0 atom stereocenters. The van der Waals surface area contributed by atoms with Gasteiger partial charge in [0.05, 0.1) is 23.7 Å². The van der Waals surface area contributed by atoms with Crippen LogP contribution in [0.4, 0.5) is 5.69 Å². The molecule has 1 amide bonds. The summed E-state index contributed by atoms with van der Waals surface area (Å²) in [6.07, 6.45) is 1.71. The van der Waals surface area contributed by atoms with Crippen LogP contribution < -0.4 is 10.5 Å². The van der Waals surface area contributed by atoms with E-state index in [0.29, 0.717) is 30.7 Å². The van der Waals surface area contributed by atoms with Crippen LogP contribution >= 0.6 is 0 Å². The third-order valence-corrected chi connectivity index (χ3v) is 8.15. The van der Waals surface area contributed by atoms with Gasteiger partial charge in [-0.1, -0.05) is 17.7 Å². The number of aryl methyl sites for hydroxylation is 2. The summed E-state index contributed by atoms with van der Waals surface area (Å²) in [7, 11) is -3.75. The van der Waals surface area contributed by atoms with E-state index in [0.717, 1.165) is 29.7 Å². The lowest BCUT2D eigenvalue weighted by molar-refractivity contribution is 0.0730. The largest absolute Gasteiger partial charge is 0.379 e. The van der Waals surface area contributed by atoms with E-state index in [1.807, 2.05) is 19.1 Å². The summed E-state index contributed by atoms with van der Waals surface area (Å²) in [6.45, 7) is 3.80. The lowest BCUT2D eigenvalue weighted by Crippen LogP contribution is -2.40. The van der Waals surface area contributed by atoms with Gasteiger partial charge in [0.15, 0.2) is 0 Å². The number of sulfonamides is 1. The fourth-order valence-corrected chi connectivity index (χ4v) is 6.02. The van der Waals surface area contributed by atoms with Gasteiger partial charge in [0.1, 0.15) is 0 Å². The second kappa shape index (κ2) is 8.40. The van der Waals surface area contributed by atoms with Crippen LogP contribution in [0.3, 0.4) is 0 Å². The highest BCUT2D eigenvalue weighted by Crippen LogP contribution is 2.31. The Balaban J connectivity index is 1.61. The maximum atomic E-state index is 13.7. The number of aromatic amines is 1. The number of aromatic nitrogens is 1. The average Bonchev–Trinajstić information content (AvgIpc) is 2.82. The van der Waals surface area contributed by atoms with E-state index in [9.17, 15) is 18.0 Å². The van der Waals surface area contributed by atoms with Crippen molar-refractivity contribution in [3.8, 4) is 0 Å². The van der Waals surface area contributed by atoms with E-state index in [2.05, 4.69) is 11.1 Å². The van der Waals surface area contributed by atoms with Crippen molar-refractivity contribution in [2.45, 2.75) is 24.7 Å². The van der Waals surface area contributed by atoms with Gasteiger partial charge < -0.3 is 14.6 Å². The molecular formula is C24H25N3O5S. The molecule has 1 aromatic heterocycles. The van der Waals surface area contributed by atoms with Gasteiger partial charge in [-0.25, -0.2) is 8.42 Å². The summed E-state index contributed by atoms with van der Waals surface area (Å²) < 4.78 is 33.0. The number of ether oxygens (including phenoxy) is 1. The first kappa shape index (κ1) is 21.8. The summed E-state index contributed by atoms with van der Waals surface area (Å²) in [6, 6.07) is 11.8. The molecule has 2 aromatic carbocycles. The Morgan fingerprint density at radius 1 is 1.03 bits per heavy atom. The molecule has 0 saturated carbocycles. The highest BCUT2D eigenvalue weighted by Gasteiger charge is 2.29. The van der Waals surface area contributed by atoms with Crippen LogP contribution in [0.15, 0.2) is 52.2 Å². The van der Waals surface area contributed by atoms with E-state index >= 15 is 0 Å². The van der Waals surface area contributed by atoms with Crippen LogP contribution in [-0.4, -0.2) is 56.5 Å². The monoisotopic (exact) mass is 467 g/mol. The molecule has 3 heterocycles. The molecule has 0 aliphatic carbocycles. The Morgan fingerprint density at radius 3 is 2.61 bits per heavy atom. The fraction of sp³-hybridized carbons (Fsp3) is 0.333. The van der Waals surface area contributed by atoms with Crippen molar-refractivity contribution >= 4 is 32.5 Å². The normalized spacial score (nSPS) is 17.2. The highest BCUT2D eigenvalue weighted by atomic mass is 32.2. The van der Waals surface area contributed by atoms with Crippen molar-refractivity contribution in [1.82, 2.24) is 9.29 Å². The molecule has 172 valence electrons. The van der Waals surface area contributed by atoms with Gasteiger partial charge in [0.2, 0.25) is 15.6 Å². The molecule has 33 heavy (non-hydrogen) atoms.